The minimum absolute atomic E-state index is 0.353. The number of anilines is 1. The average molecular weight is 286 g/mol. The first-order valence-electron chi connectivity index (χ1n) is 5.40. The molecule has 0 radical (unpaired) electrons. The number of imide groups is 1. The van der Waals surface area contributed by atoms with Crippen LogP contribution in [0, 0.1) is 0 Å². The van der Waals surface area contributed by atoms with Gasteiger partial charge in [-0.05, 0) is 12.1 Å². The molecule has 1 unspecified atom stereocenters. The summed E-state index contributed by atoms with van der Waals surface area (Å²) >= 11 is 11.9. The van der Waals surface area contributed by atoms with E-state index in [1.807, 2.05) is 0 Å². The summed E-state index contributed by atoms with van der Waals surface area (Å²) in [5.74, 6) is -0.353. The number of amides is 3. The zero-order valence-electron chi connectivity index (χ0n) is 9.14. The van der Waals surface area contributed by atoms with Gasteiger partial charge in [-0.15, -0.1) is 0 Å². The van der Waals surface area contributed by atoms with E-state index in [0.717, 1.165) is 0 Å². The van der Waals surface area contributed by atoms with Gasteiger partial charge in [0, 0.05) is 24.2 Å². The first-order valence-corrected chi connectivity index (χ1v) is 6.15. The van der Waals surface area contributed by atoms with E-state index >= 15 is 0 Å². The predicted octanol–water partition coefficient (Wildman–Crippen LogP) is 1.84. The van der Waals surface area contributed by atoms with Crippen LogP contribution in [0.4, 0.5) is 10.5 Å². The highest BCUT2D eigenvalue weighted by Crippen LogP contribution is 2.41. The Morgan fingerprint density at radius 2 is 1.89 bits per heavy atom. The number of carbonyl (C=O) groups excluding carboxylic acids is 2. The van der Waals surface area contributed by atoms with Crippen LogP contribution in [0.5, 0.6) is 0 Å². The summed E-state index contributed by atoms with van der Waals surface area (Å²) in [6, 6.07) is 2.80. The summed E-state index contributed by atoms with van der Waals surface area (Å²) in [6.45, 7) is 0.568. The van der Waals surface area contributed by atoms with Crippen molar-refractivity contribution in [1.29, 1.82) is 0 Å². The van der Waals surface area contributed by atoms with E-state index in [-0.39, 0.29) is 5.91 Å². The molecule has 2 heterocycles. The maximum atomic E-state index is 12.0. The first kappa shape index (κ1) is 11.6. The number of nitrogens with one attached hydrogen (secondary N) is 3. The molecule has 1 spiro atoms. The number of fused-ring (bicyclic) bond motifs is 2. The minimum Gasteiger partial charge on any atom is -0.385 e. The van der Waals surface area contributed by atoms with E-state index in [4.69, 9.17) is 23.2 Å². The lowest BCUT2D eigenvalue weighted by atomic mass is 9.83. The Balaban J connectivity index is 2.20. The molecule has 0 aliphatic carbocycles. The quantitative estimate of drug-likeness (QED) is 0.637. The lowest BCUT2D eigenvalue weighted by Gasteiger charge is -2.33. The van der Waals surface area contributed by atoms with Crippen molar-refractivity contribution >= 4 is 40.8 Å². The van der Waals surface area contributed by atoms with Gasteiger partial charge < -0.3 is 10.6 Å². The maximum absolute atomic E-state index is 12.0. The predicted molar refractivity (Wildman–Crippen MR) is 67.9 cm³/mol. The van der Waals surface area contributed by atoms with Crippen molar-refractivity contribution < 1.29 is 9.59 Å². The largest absolute Gasteiger partial charge is 0.385 e. The zero-order chi connectivity index (χ0) is 12.9. The molecule has 18 heavy (non-hydrogen) atoms. The molecule has 1 aromatic rings. The van der Waals surface area contributed by atoms with Crippen LogP contribution in [0.15, 0.2) is 12.1 Å². The number of hydrogen-bond acceptors (Lipinski definition) is 3. The third kappa shape index (κ3) is 1.47. The number of rotatable bonds is 0. The van der Waals surface area contributed by atoms with Gasteiger partial charge in [0.05, 0.1) is 10.0 Å². The van der Waals surface area contributed by atoms with Crippen LogP contribution in [0.2, 0.25) is 10.0 Å². The summed E-state index contributed by atoms with van der Waals surface area (Å²) in [7, 11) is 0. The van der Waals surface area contributed by atoms with E-state index < -0.39 is 11.6 Å². The molecule has 5 nitrogen and oxygen atoms in total. The number of urea groups is 1. The zero-order valence-corrected chi connectivity index (χ0v) is 10.7. The van der Waals surface area contributed by atoms with Gasteiger partial charge >= 0.3 is 6.03 Å². The van der Waals surface area contributed by atoms with Crippen molar-refractivity contribution in [2.75, 3.05) is 11.9 Å². The minimum atomic E-state index is -1.04. The molecular formula is C11H9Cl2N3O2. The van der Waals surface area contributed by atoms with Crippen LogP contribution in [0.1, 0.15) is 12.0 Å². The second-order valence-electron chi connectivity index (χ2n) is 4.30. The molecule has 1 saturated heterocycles. The van der Waals surface area contributed by atoms with Crippen molar-refractivity contribution in [3.05, 3.63) is 27.7 Å². The van der Waals surface area contributed by atoms with E-state index in [0.29, 0.717) is 34.3 Å². The normalized spacial score (nSPS) is 25.4. The van der Waals surface area contributed by atoms with Gasteiger partial charge in [0.1, 0.15) is 5.54 Å². The molecule has 1 fully saturated rings. The second kappa shape index (κ2) is 3.76. The van der Waals surface area contributed by atoms with Crippen LogP contribution in [0.25, 0.3) is 0 Å². The molecule has 2 aliphatic heterocycles. The molecule has 94 valence electrons. The van der Waals surface area contributed by atoms with Gasteiger partial charge in [0.25, 0.3) is 5.91 Å². The SMILES string of the molecule is O=C1NC(=O)C2(CCNc3cc(Cl)c(Cl)cc32)N1. The van der Waals surface area contributed by atoms with Gasteiger partial charge in [-0.2, -0.15) is 0 Å². The van der Waals surface area contributed by atoms with Crippen molar-refractivity contribution in [2.24, 2.45) is 0 Å². The first-order chi connectivity index (χ1) is 8.53. The van der Waals surface area contributed by atoms with E-state index in [1.165, 1.54) is 0 Å². The topological polar surface area (TPSA) is 70.2 Å². The van der Waals surface area contributed by atoms with Crippen molar-refractivity contribution in [1.82, 2.24) is 10.6 Å². The lowest BCUT2D eigenvalue weighted by Crippen LogP contribution is -2.48. The highest BCUT2D eigenvalue weighted by atomic mass is 35.5. The maximum Gasteiger partial charge on any atom is 0.322 e. The average Bonchev–Trinajstić information content (AvgIpc) is 2.58. The third-order valence-electron chi connectivity index (χ3n) is 3.28. The van der Waals surface area contributed by atoms with Gasteiger partial charge in [-0.25, -0.2) is 4.79 Å². The fourth-order valence-corrected chi connectivity index (χ4v) is 2.75. The number of carbonyl (C=O) groups is 2. The summed E-state index contributed by atoms with van der Waals surface area (Å²) in [5.41, 5.74) is 0.325. The molecule has 1 atom stereocenters. The highest BCUT2D eigenvalue weighted by Gasteiger charge is 2.50. The van der Waals surface area contributed by atoms with Gasteiger partial charge in [-0.3, -0.25) is 10.1 Å². The van der Waals surface area contributed by atoms with Crippen LogP contribution in [0.3, 0.4) is 0 Å². The Morgan fingerprint density at radius 1 is 1.17 bits per heavy atom. The van der Waals surface area contributed by atoms with Crippen molar-refractivity contribution in [2.45, 2.75) is 12.0 Å². The monoisotopic (exact) mass is 285 g/mol. The molecule has 0 bridgehead atoms. The summed E-state index contributed by atoms with van der Waals surface area (Å²) < 4.78 is 0. The fourth-order valence-electron chi connectivity index (χ4n) is 2.42. The van der Waals surface area contributed by atoms with Crippen molar-refractivity contribution in [3.8, 4) is 0 Å². The molecule has 0 saturated carbocycles. The number of benzene rings is 1. The van der Waals surface area contributed by atoms with E-state index in [9.17, 15) is 9.59 Å². The Hall–Kier alpha value is -1.46. The molecule has 3 rings (SSSR count). The van der Waals surface area contributed by atoms with Gasteiger partial charge in [0.15, 0.2) is 0 Å². The number of halogens is 2. The van der Waals surface area contributed by atoms with Crippen LogP contribution in [-0.2, 0) is 10.3 Å². The smallest absolute Gasteiger partial charge is 0.322 e. The molecule has 2 aliphatic rings. The number of hydrogen-bond donors (Lipinski definition) is 3. The highest BCUT2D eigenvalue weighted by molar-refractivity contribution is 6.42. The fraction of sp³-hybridized carbons (Fsp3) is 0.273. The van der Waals surface area contributed by atoms with E-state index in [2.05, 4.69) is 16.0 Å². The van der Waals surface area contributed by atoms with E-state index in [1.54, 1.807) is 12.1 Å². The summed E-state index contributed by atoms with van der Waals surface area (Å²) in [6.07, 6.45) is 0.468. The molecule has 7 heteroatoms. The Kier molecular flexibility index (Phi) is 2.43. The van der Waals surface area contributed by atoms with Crippen molar-refractivity contribution in [3.63, 3.8) is 0 Å². The Bertz CT molecular complexity index is 576. The van der Waals surface area contributed by atoms with Crippen LogP contribution < -0.4 is 16.0 Å². The molecule has 1 aromatic carbocycles. The van der Waals surface area contributed by atoms with Crippen LogP contribution >= 0.6 is 23.2 Å². The molecule has 3 amide bonds. The molecule has 0 aromatic heterocycles. The van der Waals surface area contributed by atoms with Gasteiger partial charge in [0.2, 0.25) is 0 Å². The van der Waals surface area contributed by atoms with Gasteiger partial charge in [-0.1, -0.05) is 23.2 Å². The summed E-state index contributed by atoms with van der Waals surface area (Å²) in [5, 5.41) is 8.84. The Morgan fingerprint density at radius 3 is 2.56 bits per heavy atom. The molecular weight excluding hydrogens is 277 g/mol. The summed E-state index contributed by atoms with van der Waals surface area (Å²) in [4.78, 5) is 23.4. The molecule has 3 N–H and O–H groups in total. The second-order valence-corrected chi connectivity index (χ2v) is 5.12. The van der Waals surface area contributed by atoms with Crippen LogP contribution in [-0.4, -0.2) is 18.5 Å². The third-order valence-corrected chi connectivity index (χ3v) is 4.00. The Labute approximate surface area is 113 Å². The lowest BCUT2D eigenvalue weighted by molar-refractivity contribution is -0.124. The standard InChI is InChI=1S/C11H9Cl2N3O2/c12-6-3-5-8(4-7(6)13)14-2-1-11(5)9(17)15-10(18)16-11/h3-4,14H,1-2H2,(H2,15,16,17,18).